The van der Waals surface area contributed by atoms with Gasteiger partial charge in [-0.05, 0) is 24.3 Å². The molecule has 0 spiro atoms. The Balaban J connectivity index is 2.15. The average molecular weight is 186 g/mol. The van der Waals surface area contributed by atoms with E-state index in [0.29, 0.717) is 11.7 Å². The summed E-state index contributed by atoms with van der Waals surface area (Å²) in [6.45, 7) is 3.60. The predicted octanol–water partition coefficient (Wildman–Crippen LogP) is 3.71. The third-order valence-electron chi connectivity index (χ3n) is 1.76. The molecule has 0 N–H and O–H groups in total. The first-order valence-corrected chi connectivity index (χ1v) is 4.33. The Labute approximate surface area is 82.4 Å². The Hall–Kier alpha value is -1.96. The summed E-state index contributed by atoms with van der Waals surface area (Å²) in [5, 5.41) is 0. The summed E-state index contributed by atoms with van der Waals surface area (Å²) in [7, 11) is 0. The molecule has 0 saturated heterocycles. The van der Waals surface area contributed by atoms with E-state index in [2.05, 4.69) is 6.58 Å². The molecule has 1 aromatic carbocycles. The van der Waals surface area contributed by atoms with Crippen molar-refractivity contribution in [1.82, 2.24) is 0 Å². The molecule has 0 atom stereocenters. The van der Waals surface area contributed by atoms with Crippen LogP contribution in [-0.4, -0.2) is 0 Å². The molecule has 70 valence electrons. The molecule has 2 rings (SSSR count). The Morgan fingerprint density at radius 1 is 1.07 bits per heavy atom. The predicted molar refractivity (Wildman–Crippen MR) is 55.3 cm³/mol. The molecule has 0 fully saturated rings. The van der Waals surface area contributed by atoms with Gasteiger partial charge in [-0.15, -0.1) is 0 Å². The molecule has 0 aliphatic carbocycles. The van der Waals surface area contributed by atoms with E-state index < -0.39 is 0 Å². The zero-order chi connectivity index (χ0) is 9.80. The molecule has 14 heavy (non-hydrogen) atoms. The highest BCUT2D eigenvalue weighted by atomic mass is 16.6. The summed E-state index contributed by atoms with van der Waals surface area (Å²) in [6, 6.07) is 13.1. The van der Waals surface area contributed by atoms with Gasteiger partial charge in [-0.25, -0.2) is 0 Å². The number of para-hydroxylation sites is 1. The van der Waals surface area contributed by atoms with Gasteiger partial charge >= 0.3 is 0 Å². The van der Waals surface area contributed by atoms with Crippen LogP contribution >= 0.6 is 0 Å². The molecule has 0 saturated carbocycles. The minimum atomic E-state index is 0.478. The normalized spacial score (nSPS) is 9.71. The number of ether oxygens (including phenoxy) is 1. The molecule has 0 amide bonds. The lowest BCUT2D eigenvalue weighted by atomic mass is 10.3. The van der Waals surface area contributed by atoms with E-state index in [1.54, 1.807) is 12.1 Å². The van der Waals surface area contributed by atoms with E-state index in [-0.39, 0.29) is 0 Å². The third kappa shape index (κ3) is 1.85. The fourth-order valence-corrected chi connectivity index (χ4v) is 1.10. The molecule has 0 bridgehead atoms. The van der Waals surface area contributed by atoms with Crippen molar-refractivity contribution in [1.29, 1.82) is 0 Å². The van der Waals surface area contributed by atoms with Crippen LogP contribution in [0.2, 0.25) is 0 Å². The fraction of sp³-hybridized carbons (Fsp3) is 0. The first kappa shape index (κ1) is 8.63. The van der Waals surface area contributed by atoms with E-state index in [9.17, 15) is 0 Å². The van der Waals surface area contributed by atoms with Crippen LogP contribution in [0.15, 0.2) is 53.5 Å². The van der Waals surface area contributed by atoms with Crippen molar-refractivity contribution in [2.45, 2.75) is 0 Å². The summed E-state index contributed by atoms with van der Waals surface area (Å²) >= 11 is 0. The van der Waals surface area contributed by atoms with Crippen molar-refractivity contribution in [2.75, 3.05) is 0 Å². The average Bonchev–Trinajstić information content (AvgIpc) is 2.67. The van der Waals surface area contributed by atoms with E-state index in [0.717, 1.165) is 5.75 Å². The lowest BCUT2D eigenvalue weighted by Gasteiger charge is -1.99. The van der Waals surface area contributed by atoms with E-state index in [1.807, 2.05) is 36.4 Å². The number of hydrogen-bond acceptors (Lipinski definition) is 2. The zero-order valence-electron chi connectivity index (χ0n) is 7.64. The number of benzene rings is 1. The largest absolute Gasteiger partial charge is 0.426 e. The molecule has 2 heteroatoms. The van der Waals surface area contributed by atoms with Gasteiger partial charge in [0.15, 0.2) is 0 Å². The Kier molecular flexibility index (Phi) is 2.36. The number of hydrogen-bond donors (Lipinski definition) is 0. The Bertz CT molecular complexity index is 415. The molecule has 1 heterocycles. The number of rotatable bonds is 3. The van der Waals surface area contributed by atoms with Crippen molar-refractivity contribution in [2.24, 2.45) is 0 Å². The van der Waals surface area contributed by atoms with Crippen LogP contribution < -0.4 is 4.74 Å². The first-order valence-electron chi connectivity index (χ1n) is 4.33. The summed E-state index contributed by atoms with van der Waals surface area (Å²) in [5.74, 6) is 1.94. The third-order valence-corrected chi connectivity index (χ3v) is 1.76. The monoisotopic (exact) mass is 186 g/mol. The van der Waals surface area contributed by atoms with Gasteiger partial charge < -0.3 is 9.15 Å². The van der Waals surface area contributed by atoms with Gasteiger partial charge in [0.1, 0.15) is 11.5 Å². The van der Waals surface area contributed by atoms with Crippen LogP contribution in [0.5, 0.6) is 11.7 Å². The van der Waals surface area contributed by atoms with Crippen LogP contribution in [0.1, 0.15) is 5.76 Å². The van der Waals surface area contributed by atoms with Crippen molar-refractivity contribution in [3.8, 4) is 11.7 Å². The van der Waals surface area contributed by atoms with E-state index in [4.69, 9.17) is 9.15 Å². The SMILES string of the molecule is C=Cc1ccc(Oc2ccccc2)o1. The maximum Gasteiger partial charge on any atom is 0.290 e. The highest BCUT2D eigenvalue weighted by molar-refractivity contribution is 5.41. The lowest BCUT2D eigenvalue weighted by molar-refractivity contribution is 0.344. The van der Waals surface area contributed by atoms with Gasteiger partial charge in [-0.3, -0.25) is 0 Å². The second kappa shape index (κ2) is 3.83. The molecular weight excluding hydrogens is 176 g/mol. The second-order valence-electron chi connectivity index (χ2n) is 2.78. The van der Waals surface area contributed by atoms with Crippen LogP contribution in [0.25, 0.3) is 6.08 Å². The highest BCUT2D eigenvalue weighted by Crippen LogP contribution is 2.23. The molecule has 0 radical (unpaired) electrons. The minimum absolute atomic E-state index is 0.478. The summed E-state index contributed by atoms with van der Waals surface area (Å²) in [4.78, 5) is 0. The van der Waals surface area contributed by atoms with Crippen molar-refractivity contribution in [3.05, 3.63) is 54.8 Å². The van der Waals surface area contributed by atoms with Gasteiger partial charge in [-0.2, -0.15) is 0 Å². The van der Waals surface area contributed by atoms with Gasteiger partial charge in [0.05, 0.1) is 0 Å². The summed E-state index contributed by atoms with van der Waals surface area (Å²) in [5.41, 5.74) is 0. The first-order chi connectivity index (χ1) is 6.88. The fourth-order valence-electron chi connectivity index (χ4n) is 1.10. The van der Waals surface area contributed by atoms with Crippen LogP contribution in [0.4, 0.5) is 0 Å². The van der Waals surface area contributed by atoms with E-state index >= 15 is 0 Å². The molecule has 2 nitrogen and oxygen atoms in total. The van der Waals surface area contributed by atoms with Crippen molar-refractivity contribution in [3.63, 3.8) is 0 Å². The van der Waals surface area contributed by atoms with Gasteiger partial charge in [0, 0.05) is 6.07 Å². The van der Waals surface area contributed by atoms with E-state index in [1.165, 1.54) is 0 Å². The molecule has 1 aromatic heterocycles. The molecular formula is C12H10O2. The maximum atomic E-state index is 5.45. The lowest BCUT2D eigenvalue weighted by Crippen LogP contribution is -1.79. The Morgan fingerprint density at radius 2 is 1.86 bits per heavy atom. The van der Waals surface area contributed by atoms with Gasteiger partial charge in [-0.1, -0.05) is 24.8 Å². The van der Waals surface area contributed by atoms with Gasteiger partial charge in [0.25, 0.3) is 5.95 Å². The standard InChI is InChI=1S/C12H10O2/c1-2-10-8-9-12(13-10)14-11-6-4-3-5-7-11/h2-9H,1H2. The molecule has 0 aliphatic heterocycles. The zero-order valence-corrected chi connectivity index (χ0v) is 7.64. The molecule has 2 aromatic rings. The Morgan fingerprint density at radius 3 is 2.50 bits per heavy atom. The van der Waals surface area contributed by atoms with Crippen LogP contribution in [0.3, 0.4) is 0 Å². The quantitative estimate of drug-likeness (QED) is 0.728. The summed E-state index contributed by atoms with van der Waals surface area (Å²) in [6.07, 6.45) is 1.64. The number of furan rings is 1. The van der Waals surface area contributed by atoms with Crippen molar-refractivity contribution < 1.29 is 9.15 Å². The topological polar surface area (TPSA) is 22.4 Å². The smallest absolute Gasteiger partial charge is 0.290 e. The van der Waals surface area contributed by atoms with Crippen molar-refractivity contribution >= 4 is 6.08 Å². The molecule has 0 unspecified atom stereocenters. The second-order valence-corrected chi connectivity index (χ2v) is 2.78. The van der Waals surface area contributed by atoms with Crippen LogP contribution in [0, 0.1) is 0 Å². The highest BCUT2D eigenvalue weighted by Gasteiger charge is 2.00. The summed E-state index contributed by atoms with van der Waals surface area (Å²) < 4.78 is 10.7. The maximum absolute atomic E-state index is 5.45. The van der Waals surface area contributed by atoms with Crippen LogP contribution in [-0.2, 0) is 0 Å². The van der Waals surface area contributed by atoms with Gasteiger partial charge in [0.2, 0.25) is 0 Å². The molecule has 0 aliphatic rings. The minimum Gasteiger partial charge on any atom is -0.426 e.